The number of aromatic carboxylic acids is 1. The zero-order valence-corrected chi connectivity index (χ0v) is 14.8. The molecule has 1 aromatic heterocycles. The van der Waals surface area contributed by atoms with E-state index >= 15 is 0 Å². The number of carboxylic acid groups (broad SMARTS) is 1. The number of nitrogens with zero attached hydrogens (tertiary/aromatic N) is 1. The number of carboxylic acids is 1. The average Bonchev–Trinajstić information content (AvgIpc) is 2.85. The van der Waals surface area contributed by atoms with Crippen molar-refractivity contribution in [1.29, 1.82) is 0 Å². The summed E-state index contributed by atoms with van der Waals surface area (Å²) in [5, 5.41) is 11.0. The Kier molecular flexibility index (Phi) is 4.14. The molecule has 0 saturated heterocycles. The van der Waals surface area contributed by atoms with Gasteiger partial charge in [-0.15, -0.1) is 0 Å². The standard InChI is InChI=1S/C20H20ClNO2/c1-20(2,3)15-7-4-13(5-8-15)12-22-17-11-16(21)9-6-14(17)10-18(22)19(23)24/h4-11H,12H2,1-3H3,(H,23,24). The van der Waals surface area contributed by atoms with Gasteiger partial charge in [0.15, 0.2) is 0 Å². The Bertz CT molecular complexity index is 902. The second kappa shape index (κ2) is 5.99. The molecule has 0 aliphatic heterocycles. The molecule has 0 unspecified atom stereocenters. The van der Waals surface area contributed by atoms with Gasteiger partial charge in [-0.2, -0.15) is 0 Å². The molecule has 0 saturated carbocycles. The number of halogens is 1. The number of carbonyl (C=O) groups is 1. The lowest BCUT2D eigenvalue weighted by atomic mass is 9.87. The molecule has 1 N–H and O–H groups in total. The molecule has 4 heteroatoms. The van der Waals surface area contributed by atoms with E-state index in [1.165, 1.54) is 5.56 Å². The summed E-state index contributed by atoms with van der Waals surface area (Å²) in [6, 6.07) is 15.5. The van der Waals surface area contributed by atoms with Crippen LogP contribution in [0.25, 0.3) is 10.9 Å². The van der Waals surface area contributed by atoms with Gasteiger partial charge in [-0.1, -0.05) is 62.7 Å². The van der Waals surface area contributed by atoms with Gasteiger partial charge >= 0.3 is 5.97 Å². The molecule has 0 atom stereocenters. The zero-order chi connectivity index (χ0) is 17.5. The van der Waals surface area contributed by atoms with E-state index in [-0.39, 0.29) is 11.1 Å². The van der Waals surface area contributed by atoms with Gasteiger partial charge in [0, 0.05) is 17.0 Å². The molecule has 124 valence electrons. The summed E-state index contributed by atoms with van der Waals surface area (Å²) in [6.07, 6.45) is 0. The Balaban J connectivity index is 2.04. The highest BCUT2D eigenvalue weighted by Crippen LogP contribution is 2.26. The van der Waals surface area contributed by atoms with E-state index in [2.05, 4.69) is 45.0 Å². The molecule has 3 rings (SSSR count). The molecule has 1 heterocycles. The van der Waals surface area contributed by atoms with Crippen LogP contribution < -0.4 is 0 Å². The van der Waals surface area contributed by atoms with Crippen LogP contribution in [0.5, 0.6) is 0 Å². The van der Waals surface area contributed by atoms with Crippen LogP contribution in [0.3, 0.4) is 0 Å². The van der Waals surface area contributed by atoms with E-state index in [1.807, 2.05) is 12.1 Å². The van der Waals surface area contributed by atoms with E-state index in [9.17, 15) is 9.90 Å². The maximum Gasteiger partial charge on any atom is 0.352 e. The van der Waals surface area contributed by atoms with Crippen LogP contribution in [0.4, 0.5) is 0 Å². The largest absolute Gasteiger partial charge is 0.477 e. The summed E-state index contributed by atoms with van der Waals surface area (Å²) in [5.41, 5.74) is 3.51. The average molecular weight is 342 g/mol. The Morgan fingerprint density at radius 1 is 1.08 bits per heavy atom. The number of aromatic nitrogens is 1. The minimum Gasteiger partial charge on any atom is -0.477 e. The van der Waals surface area contributed by atoms with Crippen LogP contribution in [0.2, 0.25) is 5.02 Å². The molecule has 0 radical (unpaired) electrons. The van der Waals surface area contributed by atoms with Gasteiger partial charge in [0.05, 0.1) is 5.52 Å². The smallest absolute Gasteiger partial charge is 0.352 e. The molecule has 0 fully saturated rings. The van der Waals surface area contributed by atoms with Crippen LogP contribution >= 0.6 is 11.6 Å². The monoisotopic (exact) mass is 341 g/mol. The van der Waals surface area contributed by atoms with Gasteiger partial charge < -0.3 is 9.67 Å². The van der Waals surface area contributed by atoms with Gasteiger partial charge in [-0.25, -0.2) is 4.79 Å². The highest BCUT2D eigenvalue weighted by Gasteiger charge is 2.16. The van der Waals surface area contributed by atoms with Crippen molar-refractivity contribution in [2.45, 2.75) is 32.7 Å². The molecule has 3 nitrogen and oxygen atoms in total. The first-order valence-corrected chi connectivity index (χ1v) is 8.25. The van der Waals surface area contributed by atoms with Crippen molar-refractivity contribution in [3.8, 4) is 0 Å². The number of hydrogen-bond donors (Lipinski definition) is 1. The lowest BCUT2D eigenvalue weighted by molar-refractivity contribution is 0.0686. The van der Waals surface area contributed by atoms with E-state index in [0.29, 0.717) is 11.6 Å². The van der Waals surface area contributed by atoms with Crippen LogP contribution in [-0.4, -0.2) is 15.6 Å². The summed E-state index contributed by atoms with van der Waals surface area (Å²) >= 11 is 6.09. The predicted molar refractivity (Wildman–Crippen MR) is 98.2 cm³/mol. The van der Waals surface area contributed by atoms with Gasteiger partial charge in [-0.05, 0) is 34.7 Å². The van der Waals surface area contributed by atoms with Gasteiger partial charge in [-0.3, -0.25) is 0 Å². The summed E-state index contributed by atoms with van der Waals surface area (Å²) < 4.78 is 1.80. The van der Waals surface area contributed by atoms with Crippen molar-refractivity contribution in [1.82, 2.24) is 4.57 Å². The van der Waals surface area contributed by atoms with E-state index in [0.717, 1.165) is 16.5 Å². The first-order valence-electron chi connectivity index (χ1n) is 7.87. The first kappa shape index (κ1) is 16.6. The summed E-state index contributed by atoms with van der Waals surface area (Å²) in [5.74, 6) is -0.936. The lowest BCUT2D eigenvalue weighted by Crippen LogP contribution is -2.12. The molecular weight excluding hydrogens is 322 g/mol. The van der Waals surface area contributed by atoms with Gasteiger partial charge in [0.25, 0.3) is 0 Å². The van der Waals surface area contributed by atoms with Crippen molar-refractivity contribution in [3.05, 3.63) is 70.4 Å². The minimum absolute atomic E-state index is 0.0957. The highest BCUT2D eigenvalue weighted by molar-refractivity contribution is 6.31. The highest BCUT2D eigenvalue weighted by atomic mass is 35.5. The third-order valence-corrected chi connectivity index (χ3v) is 4.48. The van der Waals surface area contributed by atoms with E-state index < -0.39 is 5.97 Å². The number of benzene rings is 2. The quantitative estimate of drug-likeness (QED) is 0.698. The lowest BCUT2D eigenvalue weighted by Gasteiger charge is -2.19. The maximum atomic E-state index is 11.6. The van der Waals surface area contributed by atoms with Crippen molar-refractivity contribution in [3.63, 3.8) is 0 Å². The van der Waals surface area contributed by atoms with Crippen molar-refractivity contribution >= 4 is 28.5 Å². The maximum absolute atomic E-state index is 11.6. The molecule has 0 bridgehead atoms. The fraction of sp³-hybridized carbons (Fsp3) is 0.250. The van der Waals surface area contributed by atoms with Crippen molar-refractivity contribution < 1.29 is 9.90 Å². The number of fused-ring (bicyclic) bond motifs is 1. The molecule has 24 heavy (non-hydrogen) atoms. The first-order chi connectivity index (χ1) is 11.3. The zero-order valence-electron chi connectivity index (χ0n) is 14.0. The normalized spacial score (nSPS) is 11.8. The molecule has 0 amide bonds. The molecule has 2 aromatic carbocycles. The SMILES string of the molecule is CC(C)(C)c1ccc(Cn2c(C(=O)O)cc3ccc(Cl)cc32)cc1. The van der Waals surface area contributed by atoms with E-state index in [1.54, 1.807) is 16.7 Å². The summed E-state index contributed by atoms with van der Waals surface area (Å²) in [4.78, 5) is 11.6. The predicted octanol–water partition coefficient (Wildman–Crippen LogP) is 5.34. The molecule has 0 spiro atoms. The number of rotatable bonds is 3. The summed E-state index contributed by atoms with van der Waals surface area (Å²) in [7, 11) is 0. The third kappa shape index (κ3) is 3.17. The van der Waals surface area contributed by atoms with Crippen LogP contribution in [0.15, 0.2) is 48.5 Å². The second-order valence-electron chi connectivity index (χ2n) is 7.07. The van der Waals surface area contributed by atoms with Crippen LogP contribution in [0, 0.1) is 0 Å². The second-order valence-corrected chi connectivity index (χ2v) is 7.51. The molecule has 0 aliphatic carbocycles. The molecule has 0 aliphatic rings. The third-order valence-electron chi connectivity index (χ3n) is 4.25. The molecule has 3 aromatic rings. The number of hydrogen-bond acceptors (Lipinski definition) is 1. The molecular formula is C20H20ClNO2. The Morgan fingerprint density at radius 3 is 2.33 bits per heavy atom. The fourth-order valence-electron chi connectivity index (χ4n) is 2.87. The Morgan fingerprint density at radius 2 is 1.75 bits per heavy atom. The van der Waals surface area contributed by atoms with Crippen molar-refractivity contribution in [2.24, 2.45) is 0 Å². The topological polar surface area (TPSA) is 42.2 Å². The Hall–Kier alpha value is -2.26. The minimum atomic E-state index is -0.936. The Labute approximate surface area is 146 Å². The van der Waals surface area contributed by atoms with Crippen LogP contribution in [0.1, 0.15) is 42.4 Å². The van der Waals surface area contributed by atoms with Gasteiger partial charge in [0.1, 0.15) is 5.69 Å². The fourth-order valence-corrected chi connectivity index (χ4v) is 3.03. The van der Waals surface area contributed by atoms with E-state index in [4.69, 9.17) is 11.6 Å². The van der Waals surface area contributed by atoms with Gasteiger partial charge in [0.2, 0.25) is 0 Å². The summed E-state index contributed by atoms with van der Waals surface area (Å²) in [6.45, 7) is 7.01. The van der Waals surface area contributed by atoms with Crippen molar-refractivity contribution in [2.75, 3.05) is 0 Å². The van der Waals surface area contributed by atoms with Crippen LogP contribution in [-0.2, 0) is 12.0 Å².